The number of aryl methyl sites for hydroxylation is 1. The fraction of sp³-hybridized carbons (Fsp3) is 0.500. The normalized spacial score (nSPS) is 17.2. The molecule has 1 atom stereocenters. The topological polar surface area (TPSA) is 54.3 Å². The first-order chi connectivity index (χ1) is 12.5. The fourth-order valence-electron chi connectivity index (χ4n) is 3.72. The van der Waals surface area contributed by atoms with Gasteiger partial charge in [-0.2, -0.15) is 0 Å². The van der Waals surface area contributed by atoms with Crippen molar-refractivity contribution in [1.29, 1.82) is 0 Å². The number of fused-ring (bicyclic) bond motifs is 1. The van der Waals surface area contributed by atoms with Crippen molar-refractivity contribution >= 4 is 22.4 Å². The smallest absolute Gasteiger partial charge is 0.200 e. The van der Waals surface area contributed by atoms with Crippen molar-refractivity contribution in [2.24, 2.45) is 5.92 Å². The van der Waals surface area contributed by atoms with Crippen molar-refractivity contribution in [3.05, 3.63) is 39.9 Å². The third-order valence-electron chi connectivity index (χ3n) is 5.18. The van der Waals surface area contributed by atoms with E-state index < -0.39 is 11.2 Å². The Labute approximate surface area is 152 Å². The number of carbonyl (C=O) groups is 1. The van der Waals surface area contributed by atoms with Gasteiger partial charge in [0.25, 0.3) is 0 Å². The van der Waals surface area contributed by atoms with Gasteiger partial charge in [-0.05, 0) is 51.4 Å². The molecule has 6 heteroatoms. The Bertz CT molecular complexity index is 891. The number of pyridine rings is 1. The second kappa shape index (κ2) is 7.58. The molecule has 1 aliphatic heterocycles. The van der Waals surface area contributed by atoms with Crippen LogP contribution < -0.4 is 15.6 Å². The largest absolute Gasteiger partial charge is 0.369 e. The Hall–Kier alpha value is -2.21. The number of halogens is 1. The first-order valence-electron chi connectivity index (χ1n) is 9.29. The minimum Gasteiger partial charge on any atom is -0.369 e. The molecule has 140 valence electrons. The minimum atomic E-state index is -0.401. The summed E-state index contributed by atoms with van der Waals surface area (Å²) >= 11 is 0. The van der Waals surface area contributed by atoms with Crippen LogP contribution >= 0.6 is 0 Å². The Morgan fingerprint density at radius 2 is 2.12 bits per heavy atom. The standard InChI is InChI=1S/C20H26FN3O2/c1-4-22-10-14-6-7-24(11-14)19-9-18-15(8-17(19)21)20(26)16(13(3)25)12-23(18)5-2/h8-9,12,14,22H,4-7,10-11H2,1-3H3. The van der Waals surface area contributed by atoms with Gasteiger partial charge in [-0.1, -0.05) is 6.92 Å². The van der Waals surface area contributed by atoms with E-state index in [1.165, 1.54) is 13.0 Å². The van der Waals surface area contributed by atoms with Crippen molar-refractivity contribution in [2.45, 2.75) is 33.7 Å². The maximum Gasteiger partial charge on any atom is 0.200 e. The first kappa shape index (κ1) is 18.6. The molecule has 5 nitrogen and oxygen atoms in total. The van der Waals surface area contributed by atoms with E-state index >= 15 is 0 Å². The predicted octanol–water partition coefficient (Wildman–Crippen LogP) is 2.80. The molecular formula is C20H26FN3O2. The predicted molar refractivity (Wildman–Crippen MR) is 103 cm³/mol. The summed E-state index contributed by atoms with van der Waals surface area (Å²) in [5, 5.41) is 3.62. The number of carbonyl (C=O) groups excluding carboxylic acids is 1. The van der Waals surface area contributed by atoms with Crippen LogP contribution in [0.3, 0.4) is 0 Å². The summed E-state index contributed by atoms with van der Waals surface area (Å²) in [6.45, 7) is 9.46. The van der Waals surface area contributed by atoms with Gasteiger partial charge in [-0.15, -0.1) is 0 Å². The first-order valence-corrected chi connectivity index (χ1v) is 9.29. The Kier molecular flexibility index (Phi) is 5.41. The third-order valence-corrected chi connectivity index (χ3v) is 5.18. The van der Waals surface area contributed by atoms with Crippen LogP contribution in [0, 0.1) is 11.7 Å². The van der Waals surface area contributed by atoms with Gasteiger partial charge in [0, 0.05) is 31.2 Å². The van der Waals surface area contributed by atoms with E-state index in [9.17, 15) is 14.0 Å². The molecule has 0 radical (unpaired) electrons. The molecule has 0 amide bonds. The molecule has 1 aromatic heterocycles. The molecule has 0 spiro atoms. The number of nitrogens with zero attached hydrogens (tertiary/aromatic N) is 2. The molecule has 3 rings (SSSR count). The molecule has 1 aliphatic rings. The number of Topliss-reactive ketones (excluding diaryl/α,β-unsaturated/α-hetero) is 1. The van der Waals surface area contributed by atoms with Crippen LogP contribution in [0.4, 0.5) is 10.1 Å². The second-order valence-electron chi connectivity index (χ2n) is 6.94. The summed E-state index contributed by atoms with van der Waals surface area (Å²) in [6.07, 6.45) is 2.61. The fourth-order valence-corrected chi connectivity index (χ4v) is 3.72. The van der Waals surface area contributed by atoms with Crippen LogP contribution in [-0.2, 0) is 6.54 Å². The van der Waals surface area contributed by atoms with Gasteiger partial charge >= 0.3 is 0 Å². The highest BCUT2D eigenvalue weighted by atomic mass is 19.1. The average Bonchev–Trinajstić information content (AvgIpc) is 3.08. The zero-order valence-electron chi connectivity index (χ0n) is 15.6. The van der Waals surface area contributed by atoms with Crippen LogP contribution in [0.5, 0.6) is 0 Å². The van der Waals surface area contributed by atoms with Gasteiger partial charge < -0.3 is 14.8 Å². The van der Waals surface area contributed by atoms with Crippen molar-refractivity contribution in [3.63, 3.8) is 0 Å². The molecule has 2 aromatic rings. The molecule has 1 N–H and O–H groups in total. The number of anilines is 1. The lowest BCUT2D eigenvalue weighted by Crippen LogP contribution is -2.27. The third kappa shape index (κ3) is 3.38. The Morgan fingerprint density at radius 1 is 1.35 bits per heavy atom. The van der Waals surface area contributed by atoms with E-state index in [-0.39, 0.29) is 16.7 Å². The molecule has 1 fully saturated rings. The Morgan fingerprint density at radius 3 is 2.77 bits per heavy atom. The van der Waals surface area contributed by atoms with E-state index in [0.717, 1.165) is 32.6 Å². The number of rotatable bonds is 6. The average molecular weight is 359 g/mol. The number of hydrogen-bond donors (Lipinski definition) is 1. The highest BCUT2D eigenvalue weighted by molar-refractivity contribution is 5.97. The summed E-state index contributed by atoms with van der Waals surface area (Å²) in [5.41, 5.74) is 0.926. The molecule has 1 aromatic carbocycles. The van der Waals surface area contributed by atoms with Gasteiger partial charge in [0.1, 0.15) is 5.82 Å². The molecule has 1 saturated heterocycles. The SMILES string of the molecule is CCNCC1CCN(c2cc3c(cc2F)c(=O)c(C(C)=O)cn3CC)C1. The van der Waals surface area contributed by atoms with Gasteiger partial charge in [0.15, 0.2) is 11.2 Å². The Balaban J connectivity index is 2.04. The minimum absolute atomic E-state index is 0.110. The quantitative estimate of drug-likeness (QED) is 0.806. The van der Waals surface area contributed by atoms with Crippen LogP contribution in [-0.4, -0.2) is 36.5 Å². The van der Waals surface area contributed by atoms with Crippen LogP contribution in [0.25, 0.3) is 10.9 Å². The van der Waals surface area contributed by atoms with E-state index in [4.69, 9.17) is 0 Å². The van der Waals surface area contributed by atoms with Crippen molar-refractivity contribution in [1.82, 2.24) is 9.88 Å². The van der Waals surface area contributed by atoms with Crippen LogP contribution in [0.1, 0.15) is 37.6 Å². The van der Waals surface area contributed by atoms with Crippen molar-refractivity contribution in [2.75, 3.05) is 31.1 Å². The van der Waals surface area contributed by atoms with Gasteiger partial charge in [0.2, 0.25) is 0 Å². The molecule has 26 heavy (non-hydrogen) atoms. The summed E-state index contributed by atoms with van der Waals surface area (Å²) in [6, 6.07) is 3.05. The molecule has 1 unspecified atom stereocenters. The zero-order valence-corrected chi connectivity index (χ0v) is 15.6. The van der Waals surface area contributed by atoms with Gasteiger partial charge in [-0.25, -0.2) is 4.39 Å². The lowest BCUT2D eigenvalue weighted by atomic mass is 10.1. The van der Waals surface area contributed by atoms with Gasteiger partial charge in [-0.3, -0.25) is 9.59 Å². The lowest BCUT2D eigenvalue weighted by Gasteiger charge is -2.21. The molecule has 0 bridgehead atoms. The highest BCUT2D eigenvalue weighted by Crippen LogP contribution is 2.29. The van der Waals surface area contributed by atoms with E-state index in [0.29, 0.717) is 23.7 Å². The monoisotopic (exact) mass is 359 g/mol. The molecule has 0 saturated carbocycles. The molecule has 0 aliphatic carbocycles. The van der Waals surface area contributed by atoms with Gasteiger partial charge in [0.05, 0.1) is 16.8 Å². The second-order valence-corrected chi connectivity index (χ2v) is 6.94. The van der Waals surface area contributed by atoms with E-state index in [2.05, 4.69) is 17.1 Å². The van der Waals surface area contributed by atoms with Crippen LogP contribution in [0.2, 0.25) is 0 Å². The summed E-state index contributed by atoms with van der Waals surface area (Å²) < 4.78 is 16.7. The van der Waals surface area contributed by atoms with Crippen LogP contribution in [0.15, 0.2) is 23.1 Å². The lowest BCUT2D eigenvalue weighted by molar-refractivity contribution is 0.101. The number of aromatic nitrogens is 1. The molecular weight excluding hydrogens is 333 g/mol. The number of ketones is 1. The maximum absolute atomic E-state index is 14.8. The molecule has 2 heterocycles. The zero-order chi connectivity index (χ0) is 18.8. The number of benzene rings is 1. The van der Waals surface area contributed by atoms with Crippen molar-refractivity contribution < 1.29 is 9.18 Å². The summed E-state index contributed by atoms with van der Waals surface area (Å²) in [7, 11) is 0. The van der Waals surface area contributed by atoms with E-state index in [1.807, 2.05) is 11.5 Å². The number of hydrogen-bond acceptors (Lipinski definition) is 4. The van der Waals surface area contributed by atoms with Crippen molar-refractivity contribution in [3.8, 4) is 0 Å². The highest BCUT2D eigenvalue weighted by Gasteiger charge is 2.25. The summed E-state index contributed by atoms with van der Waals surface area (Å²) in [4.78, 5) is 26.4. The number of nitrogens with one attached hydrogen (secondary N) is 1. The maximum atomic E-state index is 14.8. The summed E-state index contributed by atoms with van der Waals surface area (Å²) in [5.74, 6) is -0.199. The van der Waals surface area contributed by atoms with E-state index in [1.54, 1.807) is 12.3 Å².